The molecule has 1 aromatic rings. The molecule has 0 radical (unpaired) electrons. The zero-order chi connectivity index (χ0) is 13.6. The Morgan fingerprint density at radius 2 is 2.11 bits per heavy atom. The van der Waals surface area contributed by atoms with E-state index in [1.54, 1.807) is 0 Å². The predicted octanol–water partition coefficient (Wildman–Crippen LogP) is 4.04. The molecule has 18 heavy (non-hydrogen) atoms. The number of halogens is 1. The molecular formula is C15H24BrNO. The lowest BCUT2D eigenvalue weighted by Gasteiger charge is -2.27. The largest absolute Gasteiger partial charge is 0.389 e. The van der Waals surface area contributed by atoms with Gasteiger partial charge in [-0.2, -0.15) is 0 Å². The molecule has 2 atom stereocenters. The van der Waals surface area contributed by atoms with Gasteiger partial charge in [-0.05, 0) is 37.5 Å². The van der Waals surface area contributed by atoms with E-state index >= 15 is 0 Å². The summed E-state index contributed by atoms with van der Waals surface area (Å²) in [7, 11) is 0. The summed E-state index contributed by atoms with van der Waals surface area (Å²) < 4.78 is 1.10. The second kappa shape index (κ2) is 7.27. The summed E-state index contributed by atoms with van der Waals surface area (Å²) in [5, 5.41) is 13.7. The van der Waals surface area contributed by atoms with Crippen LogP contribution in [0.25, 0.3) is 0 Å². The molecule has 0 amide bonds. The molecule has 0 bridgehead atoms. The van der Waals surface area contributed by atoms with E-state index in [9.17, 15) is 5.11 Å². The number of benzene rings is 1. The van der Waals surface area contributed by atoms with Gasteiger partial charge in [0.1, 0.15) is 0 Å². The van der Waals surface area contributed by atoms with Crippen LogP contribution in [-0.4, -0.2) is 17.3 Å². The minimum atomic E-state index is -0.617. The van der Waals surface area contributed by atoms with Crippen molar-refractivity contribution in [2.75, 3.05) is 6.54 Å². The molecular weight excluding hydrogens is 290 g/mol. The van der Waals surface area contributed by atoms with E-state index in [4.69, 9.17) is 0 Å². The zero-order valence-corrected chi connectivity index (χ0v) is 13.1. The lowest BCUT2D eigenvalue weighted by atomic mass is 9.98. The maximum absolute atomic E-state index is 10.2. The Balaban J connectivity index is 2.63. The molecule has 0 saturated heterocycles. The van der Waals surface area contributed by atoms with Gasteiger partial charge in [0, 0.05) is 17.1 Å². The number of hydrogen-bond donors (Lipinski definition) is 2. The van der Waals surface area contributed by atoms with E-state index in [-0.39, 0.29) is 0 Å². The molecule has 1 rings (SSSR count). The standard InChI is InChI=1S/C15H24BrNO/c1-4-9-15(3,18)11-17-14(5-2)12-7-6-8-13(16)10-12/h6-8,10,14,17-18H,4-5,9,11H2,1-3H3. The molecule has 2 unspecified atom stereocenters. The fourth-order valence-corrected chi connectivity index (χ4v) is 2.61. The lowest BCUT2D eigenvalue weighted by molar-refractivity contribution is 0.0470. The molecule has 0 spiro atoms. The van der Waals surface area contributed by atoms with Crippen LogP contribution in [0.4, 0.5) is 0 Å². The van der Waals surface area contributed by atoms with Gasteiger partial charge >= 0.3 is 0 Å². The van der Waals surface area contributed by atoms with Gasteiger partial charge in [0.25, 0.3) is 0 Å². The summed E-state index contributed by atoms with van der Waals surface area (Å²) >= 11 is 3.50. The number of aliphatic hydroxyl groups is 1. The summed E-state index contributed by atoms with van der Waals surface area (Å²) in [4.78, 5) is 0. The Hall–Kier alpha value is -0.380. The Bertz CT molecular complexity index is 365. The van der Waals surface area contributed by atoms with Gasteiger partial charge in [0.2, 0.25) is 0 Å². The van der Waals surface area contributed by atoms with Crippen molar-refractivity contribution in [3.8, 4) is 0 Å². The Kier molecular flexibility index (Phi) is 6.33. The molecule has 102 valence electrons. The van der Waals surface area contributed by atoms with Gasteiger partial charge in [-0.15, -0.1) is 0 Å². The van der Waals surface area contributed by atoms with Crippen molar-refractivity contribution in [2.24, 2.45) is 0 Å². The third-order valence-electron chi connectivity index (χ3n) is 3.18. The molecule has 0 aliphatic heterocycles. The van der Waals surface area contributed by atoms with Gasteiger partial charge < -0.3 is 10.4 Å². The minimum absolute atomic E-state index is 0.297. The van der Waals surface area contributed by atoms with Crippen LogP contribution in [0.15, 0.2) is 28.7 Å². The highest BCUT2D eigenvalue weighted by molar-refractivity contribution is 9.10. The fourth-order valence-electron chi connectivity index (χ4n) is 2.19. The minimum Gasteiger partial charge on any atom is -0.389 e. The van der Waals surface area contributed by atoms with Crippen LogP contribution in [0.1, 0.15) is 51.6 Å². The Morgan fingerprint density at radius 1 is 1.39 bits per heavy atom. The van der Waals surface area contributed by atoms with Crippen LogP contribution in [0.3, 0.4) is 0 Å². The van der Waals surface area contributed by atoms with Crippen molar-refractivity contribution in [3.05, 3.63) is 34.3 Å². The molecule has 0 saturated carbocycles. The second-order valence-corrected chi connectivity index (χ2v) is 6.06. The monoisotopic (exact) mass is 313 g/mol. The summed E-state index contributed by atoms with van der Waals surface area (Å²) in [5.41, 5.74) is 0.646. The highest BCUT2D eigenvalue weighted by Gasteiger charge is 2.20. The van der Waals surface area contributed by atoms with Gasteiger partial charge in [-0.25, -0.2) is 0 Å². The second-order valence-electron chi connectivity index (χ2n) is 5.14. The maximum Gasteiger partial charge on any atom is 0.0743 e. The number of hydrogen-bond acceptors (Lipinski definition) is 2. The predicted molar refractivity (Wildman–Crippen MR) is 80.7 cm³/mol. The van der Waals surface area contributed by atoms with E-state index in [1.807, 2.05) is 19.1 Å². The van der Waals surface area contributed by atoms with Crippen molar-refractivity contribution < 1.29 is 5.11 Å². The van der Waals surface area contributed by atoms with E-state index in [1.165, 1.54) is 5.56 Å². The van der Waals surface area contributed by atoms with E-state index in [0.29, 0.717) is 12.6 Å². The highest BCUT2D eigenvalue weighted by Crippen LogP contribution is 2.21. The fraction of sp³-hybridized carbons (Fsp3) is 0.600. The first-order valence-electron chi connectivity index (χ1n) is 6.69. The average Bonchev–Trinajstić information content (AvgIpc) is 2.29. The average molecular weight is 314 g/mol. The molecule has 2 N–H and O–H groups in total. The quantitative estimate of drug-likeness (QED) is 0.796. The van der Waals surface area contributed by atoms with Gasteiger partial charge in [0.05, 0.1) is 5.60 Å². The van der Waals surface area contributed by atoms with Crippen molar-refractivity contribution >= 4 is 15.9 Å². The normalized spacial score (nSPS) is 16.3. The number of rotatable bonds is 7. The maximum atomic E-state index is 10.2. The highest BCUT2D eigenvalue weighted by atomic mass is 79.9. The first-order valence-corrected chi connectivity index (χ1v) is 7.49. The zero-order valence-electron chi connectivity index (χ0n) is 11.5. The summed E-state index contributed by atoms with van der Waals surface area (Å²) in [6.45, 7) is 6.79. The van der Waals surface area contributed by atoms with Crippen molar-refractivity contribution in [3.63, 3.8) is 0 Å². The van der Waals surface area contributed by atoms with Crippen molar-refractivity contribution in [2.45, 2.75) is 51.7 Å². The van der Waals surface area contributed by atoms with Crippen LogP contribution in [-0.2, 0) is 0 Å². The molecule has 0 heterocycles. The van der Waals surface area contributed by atoms with Crippen LogP contribution in [0.5, 0.6) is 0 Å². The third kappa shape index (κ3) is 5.09. The molecule has 1 aromatic carbocycles. The molecule has 0 aromatic heterocycles. The summed E-state index contributed by atoms with van der Waals surface area (Å²) in [5.74, 6) is 0. The lowest BCUT2D eigenvalue weighted by Crippen LogP contribution is -2.39. The topological polar surface area (TPSA) is 32.3 Å². The molecule has 0 aliphatic carbocycles. The first-order chi connectivity index (χ1) is 8.48. The van der Waals surface area contributed by atoms with Gasteiger partial charge in [-0.3, -0.25) is 0 Å². The van der Waals surface area contributed by atoms with E-state index < -0.39 is 5.60 Å². The van der Waals surface area contributed by atoms with Gasteiger partial charge in [-0.1, -0.05) is 48.3 Å². The third-order valence-corrected chi connectivity index (χ3v) is 3.67. The van der Waals surface area contributed by atoms with Crippen LogP contribution < -0.4 is 5.32 Å². The molecule has 3 heteroatoms. The SMILES string of the molecule is CCCC(C)(O)CNC(CC)c1cccc(Br)c1. The Morgan fingerprint density at radius 3 is 2.67 bits per heavy atom. The van der Waals surface area contributed by atoms with Crippen LogP contribution in [0.2, 0.25) is 0 Å². The molecule has 0 aliphatic rings. The van der Waals surface area contributed by atoms with Gasteiger partial charge in [0.15, 0.2) is 0 Å². The molecule has 0 fully saturated rings. The number of nitrogens with one attached hydrogen (secondary N) is 1. The van der Waals surface area contributed by atoms with Crippen molar-refractivity contribution in [1.82, 2.24) is 5.32 Å². The van der Waals surface area contributed by atoms with E-state index in [0.717, 1.165) is 23.7 Å². The van der Waals surface area contributed by atoms with Crippen LogP contribution >= 0.6 is 15.9 Å². The van der Waals surface area contributed by atoms with Crippen molar-refractivity contribution in [1.29, 1.82) is 0 Å². The molecule has 2 nitrogen and oxygen atoms in total. The first kappa shape index (κ1) is 15.7. The summed E-state index contributed by atoms with van der Waals surface area (Å²) in [6, 6.07) is 8.64. The summed E-state index contributed by atoms with van der Waals surface area (Å²) in [6.07, 6.45) is 2.84. The van der Waals surface area contributed by atoms with Crippen LogP contribution in [0, 0.1) is 0 Å². The van der Waals surface area contributed by atoms with E-state index in [2.05, 4.69) is 47.2 Å². The Labute approximate surface area is 119 Å². The smallest absolute Gasteiger partial charge is 0.0743 e.